The van der Waals surface area contributed by atoms with E-state index >= 15 is 0 Å². The minimum atomic E-state index is -0.182. The van der Waals surface area contributed by atoms with Gasteiger partial charge in [0, 0.05) is 5.02 Å². The zero-order chi connectivity index (χ0) is 24.9. The van der Waals surface area contributed by atoms with Gasteiger partial charge in [0.1, 0.15) is 19.0 Å². The monoisotopic (exact) mass is 554 g/mol. The fraction of sp³-hybridized carbons (Fsp3) is 0.185. The van der Waals surface area contributed by atoms with E-state index in [1.54, 1.807) is 19.3 Å². The molecule has 3 aromatic carbocycles. The average Bonchev–Trinajstić information content (AvgIpc) is 3.13. The number of carbonyl (C=O) groups is 1. The van der Waals surface area contributed by atoms with Gasteiger partial charge in [-0.1, -0.05) is 29.8 Å². The Balaban J connectivity index is 1.46. The van der Waals surface area contributed by atoms with Crippen LogP contribution in [0.2, 0.25) is 5.02 Å². The minimum Gasteiger partial charge on any atom is -0.493 e. The molecule has 0 saturated carbocycles. The number of aryl methyl sites for hydroxylation is 1. The van der Waals surface area contributed by atoms with E-state index in [0.29, 0.717) is 45.5 Å². The molecule has 0 unspecified atom stereocenters. The van der Waals surface area contributed by atoms with Crippen molar-refractivity contribution in [2.75, 3.05) is 25.3 Å². The van der Waals surface area contributed by atoms with Crippen LogP contribution in [0.3, 0.4) is 0 Å². The number of benzene rings is 3. The Labute approximate surface area is 217 Å². The largest absolute Gasteiger partial charge is 0.493 e. The number of nitrogens with zero attached hydrogens (tertiary/aromatic N) is 2. The molecule has 0 saturated heterocycles. The lowest BCUT2D eigenvalue weighted by Gasteiger charge is -2.14. The Bertz CT molecular complexity index is 1310. The molecule has 1 aliphatic heterocycles. The molecule has 0 bridgehead atoms. The van der Waals surface area contributed by atoms with Crippen LogP contribution < -0.4 is 19.2 Å². The molecule has 8 heteroatoms. The number of para-hydroxylation sites is 1. The van der Waals surface area contributed by atoms with Gasteiger partial charge in [0.05, 0.1) is 28.6 Å². The van der Waals surface area contributed by atoms with Crippen molar-refractivity contribution < 1.29 is 19.0 Å². The number of rotatable bonds is 8. The summed E-state index contributed by atoms with van der Waals surface area (Å²) in [5.41, 5.74) is 3.61. The molecule has 4 rings (SSSR count). The SMILES string of the molecule is COc1cc(C=C2C(=O)N(c3ccccc3)N=C2C)cc(Br)c1OCCOc1ccc(Cl)c(C)c1. The summed E-state index contributed by atoms with van der Waals surface area (Å²) in [7, 11) is 1.57. The van der Waals surface area contributed by atoms with Crippen molar-refractivity contribution in [3.63, 3.8) is 0 Å². The normalized spacial score (nSPS) is 14.3. The third kappa shape index (κ3) is 5.69. The van der Waals surface area contributed by atoms with E-state index in [1.807, 2.05) is 68.4 Å². The van der Waals surface area contributed by atoms with Gasteiger partial charge in [-0.3, -0.25) is 4.79 Å². The predicted molar refractivity (Wildman–Crippen MR) is 143 cm³/mol. The van der Waals surface area contributed by atoms with Crippen molar-refractivity contribution >= 4 is 50.9 Å². The number of anilines is 1. The number of hydrogen-bond acceptors (Lipinski definition) is 5. The summed E-state index contributed by atoms with van der Waals surface area (Å²) in [5.74, 6) is 1.64. The van der Waals surface area contributed by atoms with Crippen molar-refractivity contribution in [3.05, 3.63) is 86.9 Å². The molecule has 1 heterocycles. The Morgan fingerprint density at radius 3 is 2.49 bits per heavy atom. The van der Waals surface area contributed by atoms with Crippen molar-refractivity contribution in [1.82, 2.24) is 0 Å². The number of carbonyl (C=O) groups excluding carboxylic acids is 1. The second-order valence-electron chi connectivity index (χ2n) is 7.84. The van der Waals surface area contributed by atoms with Crippen LogP contribution in [-0.4, -0.2) is 31.9 Å². The van der Waals surface area contributed by atoms with Crippen molar-refractivity contribution in [3.8, 4) is 17.2 Å². The number of methoxy groups -OCH3 is 1. The molecule has 0 radical (unpaired) electrons. The van der Waals surface area contributed by atoms with Gasteiger partial charge in [0.15, 0.2) is 11.5 Å². The molecular weight excluding hydrogens is 532 g/mol. The molecule has 0 spiro atoms. The van der Waals surface area contributed by atoms with Gasteiger partial charge in [0.2, 0.25) is 0 Å². The minimum absolute atomic E-state index is 0.182. The van der Waals surface area contributed by atoms with Crippen LogP contribution in [0, 0.1) is 6.92 Å². The first kappa shape index (κ1) is 24.8. The van der Waals surface area contributed by atoms with E-state index < -0.39 is 0 Å². The van der Waals surface area contributed by atoms with Crippen molar-refractivity contribution in [1.29, 1.82) is 0 Å². The smallest absolute Gasteiger partial charge is 0.280 e. The molecule has 180 valence electrons. The van der Waals surface area contributed by atoms with Gasteiger partial charge in [-0.15, -0.1) is 0 Å². The van der Waals surface area contributed by atoms with E-state index in [-0.39, 0.29) is 5.91 Å². The van der Waals surface area contributed by atoms with Gasteiger partial charge >= 0.3 is 0 Å². The van der Waals surface area contributed by atoms with Crippen LogP contribution >= 0.6 is 27.5 Å². The van der Waals surface area contributed by atoms with E-state index in [4.69, 9.17) is 25.8 Å². The second kappa shape index (κ2) is 11.0. The Morgan fingerprint density at radius 1 is 1.03 bits per heavy atom. The first-order valence-electron chi connectivity index (χ1n) is 10.9. The van der Waals surface area contributed by atoms with Gasteiger partial charge in [-0.25, -0.2) is 0 Å². The molecule has 0 N–H and O–H groups in total. The number of ether oxygens (including phenoxy) is 3. The number of amides is 1. The molecule has 0 fully saturated rings. The standard InChI is InChI=1S/C27H24BrClN2O4/c1-17-13-21(9-10-24(17)29)34-11-12-35-26-23(28)15-19(16-25(26)33-3)14-22-18(2)30-31(27(22)32)20-7-5-4-6-8-20/h4-10,13-16H,11-12H2,1-3H3. The van der Waals surface area contributed by atoms with Gasteiger partial charge in [0.25, 0.3) is 5.91 Å². The summed E-state index contributed by atoms with van der Waals surface area (Å²) < 4.78 is 17.9. The van der Waals surface area contributed by atoms with Crippen molar-refractivity contribution in [2.45, 2.75) is 13.8 Å². The number of hydrogen-bond donors (Lipinski definition) is 0. The Kier molecular flexibility index (Phi) is 7.78. The maximum atomic E-state index is 13.0. The van der Waals surface area contributed by atoms with Crippen LogP contribution in [0.25, 0.3) is 6.08 Å². The molecule has 35 heavy (non-hydrogen) atoms. The van der Waals surface area contributed by atoms with Gasteiger partial charge in [-0.2, -0.15) is 10.1 Å². The molecule has 0 atom stereocenters. The Morgan fingerprint density at radius 2 is 1.77 bits per heavy atom. The van der Waals surface area contributed by atoms with Crippen molar-refractivity contribution in [2.24, 2.45) is 5.10 Å². The maximum absolute atomic E-state index is 13.0. The first-order valence-corrected chi connectivity index (χ1v) is 12.1. The number of halogens is 2. The van der Waals surface area contributed by atoms with Crippen LogP contribution in [0.1, 0.15) is 18.1 Å². The summed E-state index contributed by atoms with van der Waals surface area (Å²) in [6.45, 7) is 4.41. The highest BCUT2D eigenvalue weighted by Gasteiger charge is 2.28. The first-order chi connectivity index (χ1) is 16.9. The van der Waals surface area contributed by atoms with Crippen LogP contribution in [0.5, 0.6) is 17.2 Å². The third-order valence-electron chi connectivity index (χ3n) is 5.35. The molecule has 3 aromatic rings. The molecular formula is C27H24BrClN2O4. The summed E-state index contributed by atoms with van der Waals surface area (Å²) in [6, 6.07) is 18.5. The highest BCUT2D eigenvalue weighted by molar-refractivity contribution is 9.10. The van der Waals surface area contributed by atoms with Crippen LogP contribution in [-0.2, 0) is 4.79 Å². The van der Waals surface area contributed by atoms with Gasteiger partial charge < -0.3 is 14.2 Å². The van der Waals surface area contributed by atoms with E-state index in [9.17, 15) is 4.79 Å². The summed E-state index contributed by atoms with van der Waals surface area (Å²) in [5, 5.41) is 6.54. The third-order valence-corrected chi connectivity index (χ3v) is 6.37. The number of hydrazone groups is 1. The lowest BCUT2D eigenvalue weighted by molar-refractivity contribution is -0.114. The molecule has 1 aliphatic rings. The second-order valence-corrected chi connectivity index (χ2v) is 9.10. The van der Waals surface area contributed by atoms with E-state index in [1.165, 1.54) is 5.01 Å². The predicted octanol–water partition coefficient (Wildman–Crippen LogP) is 6.68. The highest BCUT2D eigenvalue weighted by atomic mass is 79.9. The molecule has 0 aliphatic carbocycles. The quantitative estimate of drug-likeness (QED) is 0.230. The fourth-order valence-corrected chi connectivity index (χ4v) is 4.26. The topological polar surface area (TPSA) is 60.4 Å². The fourth-order valence-electron chi connectivity index (χ4n) is 3.57. The molecule has 0 aromatic heterocycles. The zero-order valence-electron chi connectivity index (χ0n) is 19.5. The van der Waals surface area contributed by atoms with E-state index in [2.05, 4.69) is 21.0 Å². The zero-order valence-corrected chi connectivity index (χ0v) is 21.9. The van der Waals surface area contributed by atoms with E-state index in [0.717, 1.165) is 22.6 Å². The molecule has 1 amide bonds. The van der Waals surface area contributed by atoms with Gasteiger partial charge in [-0.05, 0) is 89.4 Å². The molecule has 6 nitrogen and oxygen atoms in total. The lowest BCUT2D eigenvalue weighted by Crippen LogP contribution is -2.21. The summed E-state index contributed by atoms with van der Waals surface area (Å²) in [6.07, 6.45) is 1.80. The van der Waals surface area contributed by atoms with Crippen LogP contribution in [0.15, 0.2) is 75.8 Å². The lowest BCUT2D eigenvalue weighted by atomic mass is 10.1. The summed E-state index contributed by atoms with van der Waals surface area (Å²) >= 11 is 9.63. The summed E-state index contributed by atoms with van der Waals surface area (Å²) in [4.78, 5) is 13.0. The average molecular weight is 556 g/mol. The van der Waals surface area contributed by atoms with Crippen LogP contribution in [0.4, 0.5) is 5.69 Å². The maximum Gasteiger partial charge on any atom is 0.280 e. The highest BCUT2D eigenvalue weighted by Crippen LogP contribution is 2.38. The Hall–Kier alpha value is -3.29.